The average molecular weight is 517 g/mol. The maximum atomic E-state index is 13.8. The highest BCUT2D eigenvalue weighted by atomic mass is 79.9. The van der Waals surface area contributed by atoms with E-state index < -0.39 is 28.7 Å². The molecule has 1 spiro atoms. The number of hydrogen-bond acceptors (Lipinski definition) is 5. The van der Waals surface area contributed by atoms with E-state index in [-0.39, 0.29) is 46.4 Å². The molecule has 7 nitrogen and oxygen atoms in total. The number of aliphatic hydroxyl groups excluding tert-OH is 1. The van der Waals surface area contributed by atoms with Gasteiger partial charge in [0.1, 0.15) is 6.04 Å². The van der Waals surface area contributed by atoms with Gasteiger partial charge in [-0.2, -0.15) is 0 Å². The maximum absolute atomic E-state index is 13.8. The van der Waals surface area contributed by atoms with Crippen molar-refractivity contribution in [1.82, 2.24) is 15.5 Å². The van der Waals surface area contributed by atoms with Crippen LogP contribution in [0.5, 0.6) is 0 Å². The molecule has 1 saturated carbocycles. The fourth-order valence-corrected chi connectivity index (χ4v) is 9.94. The molecule has 3 heterocycles. The summed E-state index contributed by atoms with van der Waals surface area (Å²) in [5.74, 6) is -1.42. The number of hydrogen-bond donors (Lipinski definition) is 3. The van der Waals surface area contributed by atoms with Crippen LogP contribution in [0.25, 0.3) is 0 Å². The van der Waals surface area contributed by atoms with E-state index in [9.17, 15) is 19.5 Å². The molecule has 9 heteroatoms. The minimum atomic E-state index is -0.670. The topological polar surface area (TPSA) is 98.7 Å². The van der Waals surface area contributed by atoms with E-state index in [1.807, 2.05) is 13.8 Å². The fraction of sp³-hybridized carbons (Fsp3) is 0.864. The standard InChI is InChI=1S/C22H34BrN3O4S/c1-11(2)14(10-27)26-18(20(29)25-12-7-5-4-6-8-12)22-9-13(23)17(31-22)15(19(28)24-3)16(22)21(26)30/h11-18,27H,4-10H2,1-3H3,(H,24,28)(H,25,29)/t13?,14-,15-,16-,17-,18?,22?/m0/s1. The minimum absolute atomic E-state index is 0.00502. The second-order valence-electron chi connectivity index (χ2n) is 9.86. The number of alkyl halides is 1. The number of carbonyl (C=O) groups excluding carboxylic acids is 3. The Morgan fingerprint density at radius 3 is 2.52 bits per heavy atom. The highest BCUT2D eigenvalue weighted by Gasteiger charge is 2.76. The SMILES string of the molecule is CNC(=O)[C@H]1[C@H]2C(=O)N([C@@H](CO)C(C)C)C(C(=O)NC3CCCCC3)C23CC(Br)[C@@H]1S3. The molecular formula is C22H34BrN3O4S. The molecule has 3 aliphatic heterocycles. The van der Waals surface area contributed by atoms with Crippen LogP contribution in [0.2, 0.25) is 0 Å². The van der Waals surface area contributed by atoms with Gasteiger partial charge in [0.15, 0.2) is 0 Å². The third-order valence-electron chi connectivity index (χ3n) is 7.79. The van der Waals surface area contributed by atoms with Crippen LogP contribution < -0.4 is 10.6 Å². The molecule has 0 radical (unpaired) electrons. The maximum Gasteiger partial charge on any atom is 0.244 e. The summed E-state index contributed by atoms with van der Waals surface area (Å²) in [7, 11) is 1.60. The zero-order valence-corrected chi connectivity index (χ0v) is 20.9. The summed E-state index contributed by atoms with van der Waals surface area (Å²) in [5, 5.41) is 16.1. The van der Waals surface area contributed by atoms with E-state index in [4.69, 9.17) is 0 Å². The molecule has 3 N–H and O–H groups in total. The first-order chi connectivity index (χ1) is 14.8. The number of thioether (sulfide) groups is 1. The largest absolute Gasteiger partial charge is 0.394 e. The average Bonchev–Trinajstić information content (AvgIpc) is 3.32. The first kappa shape index (κ1) is 23.4. The highest BCUT2D eigenvalue weighted by Crippen LogP contribution is 2.68. The van der Waals surface area contributed by atoms with Gasteiger partial charge in [-0.15, -0.1) is 11.8 Å². The fourth-order valence-electron chi connectivity index (χ4n) is 6.34. The molecule has 4 aliphatic rings. The third-order valence-corrected chi connectivity index (χ3v) is 11.0. The van der Waals surface area contributed by atoms with E-state index in [0.717, 1.165) is 25.7 Å². The van der Waals surface area contributed by atoms with Crippen molar-refractivity contribution in [3.05, 3.63) is 0 Å². The van der Waals surface area contributed by atoms with E-state index in [2.05, 4.69) is 26.6 Å². The minimum Gasteiger partial charge on any atom is -0.394 e. The summed E-state index contributed by atoms with van der Waals surface area (Å²) in [5.41, 5.74) is 0. The smallest absolute Gasteiger partial charge is 0.244 e. The Bertz CT molecular complexity index is 746. The predicted molar refractivity (Wildman–Crippen MR) is 124 cm³/mol. The van der Waals surface area contributed by atoms with Crippen molar-refractivity contribution in [3.8, 4) is 0 Å². The number of aliphatic hydroxyl groups is 1. The first-order valence-electron chi connectivity index (χ1n) is 11.5. The van der Waals surface area contributed by atoms with E-state index in [1.54, 1.807) is 23.7 Å². The first-order valence-corrected chi connectivity index (χ1v) is 13.3. The number of nitrogens with one attached hydrogen (secondary N) is 2. The monoisotopic (exact) mass is 515 g/mol. The van der Waals surface area contributed by atoms with Gasteiger partial charge in [0.25, 0.3) is 0 Å². The van der Waals surface area contributed by atoms with Gasteiger partial charge in [0.05, 0.1) is 29.2 Å². The number of amides is 3. The van der Waals surface area contributed by atoms with Crippen LogP contribution in [0, 0.1) is 17.8 Å². The molecule has 31 heavy (non-hydrogen) atoms. The van der Waals surface area contributed by atoms with Gasteiger partial charge in [-0.1, -0.05) is 49.0 Å². The van der Waals surface area contributed by atoms with Crippen LogP contribution in [-0.2, 0) is 14.4 Å². The number of rotatable bonds is 6. The Morgan fingerprint density at radius 2 is 1.94 bits per heavy atom. The van der Waals surface area contributed by atoms with Crippen molar-refractivity contribution in [2.24, 2.45) is 17.8 Å². The number of nitrogens with zero attached hydrogens (tertiary/aromatic N) is 1. The molecule has 4 rings (SSSR count). The summed E-state index contributed by atoms with van der Waals surface area (Å²) in [4.78, 5) is 42.2. The van der Waals surface area contributed by atoms with E-state index >= 15 is 0 Å². The van der Waals surface area contributed by atoms with Crippen LogP contribution in [0.1, 0.15) is 52.4 Å². The lowest BCUT2D eigenvalue weighted by atomic mass is 9.70. The number of carbonyl (C=O) groups is 3. The molecule has 3 saturated heterocycles. The summed E-state index contributed by atoms with van der Waals surface area (Å²) in [6.45, 7) is 3.73. The molecule has 3 unspecified atom stereocenters. The Hall–Kier alpha value is -0.800. The lowest BCUT2D eigenvalue weighted by molar-refractivity contribution is -0.143. The van der Waals surface area contributed by atoms with Gasteiger partial charge in [0, 0.05) is 23.2 Å². The molecule has 0 aromatic heterocycles. The zero-order chi connectivity index (χ0) is 22.5. The van der Waals surface area contributed by atoms with Crippen molar-refractivity contribution < 1.29 is 19.5 Å². The van der Waals surface area contributed by atoms with E-state index in [1.165, 1.54) is 6.42 Å². The number of halogens is 1. The second kappa shape index (κ2) is 8.86. The van der Waals surface area contributed by atoms with E-state index in [0.29, 0.717) is 6.42 Å². The number of fused-ring (bicyclic) bond motifs is 1. The van der Waals surface area contributed by atoms with Crippen LogP contribution in [0.3, 0.4) is 0 Å². The van der Waals surface area contributed by atoms with Gasteiger partial charge in [0.2, 0.25) is 17.7 Å². The van der Waals surface area contributed by atoms with Crippen molar-refractivity contribution >= 4 is 45.4 Å². The van der Waals surface area contributed by atoms with Crippen molar-refractivity contribution in [2.45, 2.75) is 85.3 Å². The number of likely N-dealkylation sites (tertiary alicyclic amines) is 1. The quantitative estimate of drug-likeness (QED) is 0.467. The Kier molecular flexibility index (Phi) is 6.68. The van der Waals surface area contributed by atoms with Crippen LogP contribution in [0.4, 0.5) is 0 Å². The highest BCUT2D eigenvalue weighted by molar-refractivity contribution is 9.09. The van der Waals surface area contributed by atoms with Gasteiger partial charge in [-0.3, -0.25) is 14.4 Å². The molecule has 0 aromatic carbocycles. The molecule has 7 atom stereocenters. The molecule has 4 fully saturated rings. The third kappa shape index (κ3) is 3.62. The van der Waals surface area contributed by atoms with Crippen molar-refractivity contribution in [1.29, 1.82) is 0 Å². The molecule has 3 amide bonds. The molecule has 0 aromatic rings. The summed E-state index contributed by atoms with van der Waals surface area (Å²) in [6, 6.07) is -0.983. The normalized spacial score (nSPS) is 38.5. The van der Waals surface area contributed by atoms with Crippen molar-refractivity contribution in [2.75, 3.05) is 13.7 Å². The Morgan fingerprint density at radius 1 is 1.26 bits per heavy atom. The second-order valence-corrected chi connectivity index (χ2v) is 12.6. The van der Waals surface area contributed by atoms with Gasteiger partial charge < -0.3 is 20.6 Å². The zero-order valence-electron chi connectivity index (χ0n) is 18.5. The summed E-state index contributed by atoms with van der Waals surface area (Å²) < 4.78 is -0.645. The Balaban J connectivity index is 1.74. The molecule has 174 valence electrons. The lowest BCUT2D eigenvalue weighted by Gasteiger charge is -2.39. The Labute approximate surface area is 197 Å². The van der Waals surface area contributed by atoms with Crippen LogP contribution >= 0.6 is 27.7 Å². The van der Waals surface area contributed by atoms with Gasteiger partial charge in [-0.05, 0) is 25.2 Å². The summed E-state index contributed by atoms with van der Waals surface area (Å²) >= 11 is 5.39. The lowest BCUT2D eigenvalue weighted by Crippen LogP contribution is -2.59. The van der Waals surface area contributed by atoms with Gasteiger partial charge in [-0.25, -0.2) is 0 Å². The summed E-state index contributed by atoms with van der Waals surface area (Å²) in [6.07, 6.45) is 6.01. The van der Waals surface area contributed by atoms with Crippen molar-refractivity contribution in [3.63, 3.8) is 0 Å². The van der Waals surface area contributed by atoms with Gasteiger partial charge >= 0.3 is 0 Å². The van der Waals surface area contributed by atoms with Crippen LogP contribution in [0.15, 0.2) is 0 Å². The molecule has 1 aliphatic carbocycles. The van der Waals surface area contributed by atoms with Crippen LogP contribution in [-0.4, -0.2) is 74.3 Å². The predicted octanol–water partition coefficient (Wildman–Crippen LogP) is 1.66. The molecule has 2 bridgehead atoms. The molecular weight excluding hydrogens is 482 g/mol.